The average molecular weight is 573 g/mol. The van der Waals surface area contributed by atoms with E-state index in [1.807, 2.05) is 61.5 Å². The van der Waals surface area contributed by atoms with Gasteiger partial charge in [0.2, 0.25) is 0 Å². The van der Waals surface area contributed by atoms with Crippen molar-refractivity contribution >= 4 is 55.8 Å². The lowest BCUT2D eigenvalue weighted by molar-refractivity contribution is 0.267. The van der Waals surface area contributed by atoms with Crippen LogP contribution in [0.15, 0.2) is 65.1 Å². The van der Waals surface area contributed by atoms with Gasteiger partial charge in [-0.15, -0.1) is 0 Å². The van der Waals surface area contributed by atoms with Crippen LogP contribution in [0.2, 0.25) is 5.02 Å². The maximum absolute atomic E-state index is 6.24. The first-order valence-corrected chi connectivity index (χ1v) is 11.1. The summed E-state index contributed by atoms with van der Waals surface area (Å²) in [4.78, 5) is 0. The van der Waals surface area contributed by atoms with E-state index in [4.69, 9.17) is 21.1 Å². The normalized spacial score (nSPS) is 10.6. The molecule has 3 aromatic carbocycles. The van der Waals surface area contributed by atoms with E-state index in [1.54, 1.807) is 0 Å². The predicted octanol–water partition coefficient (Wildman–Crippen LogP) is 7.30. The Balaban J connectivity index is 1.75. The SMILES string of the molecule is CCOc1cc(CNc2ccc(Br)cc2)cc(I)c1OCc1ccccc1Cl. The van der Waals surface area contributed by atoms with Crippen molar-refractivity contribution < 1.29 is 9.47 Å². The van der Waals surface area contributed by atoms with Gasteiger partial charge in [0.15, 0.2) is 11.5 Å². The van der Waals surface area contributed by atoms with Gasteiger partial charge in [-0.1, -0.05) is 45.7 Å². The van der Waals surface area contributed by atoms with Crippen molar-refractivity contribution in [1.29, 1.82) is 0 Å². The van der Waals surface area contributed by atoms with Gasteiger partial charge in [-0.05, 0) is 77.5 Å². The lowest BCUT2D eigenvalue weighted by Crippen LogP contribution is -2.05. The van der Waals surface area contributed by atoms with Crippen LogP contribution in [-0.4, -0.2) is 6.61 Å². The van der Waals surface area contributed by atoms with Crippen molar-refractivity contribution in [3.63, 3.8) is 0 Å². The van der Waals surface area contributed by atoms with Crippen LogP contribution < -0.4 is 14.8 Å². The third-order valence-electron chi connectivity index (χ3n) is 4.04. The largest absolute Gasteiger partial charge is 0.490 e. The highest BCUT2D eigenvalue weighted by Crippen LogP contribution is 2.35. The highest BCUT2D eigenvalue weighted by atomic mass is 127. The van der Waals surface area contributed by atoms with Gasteiger partial charge in [0.05, 0.1) is 10.2 Å². The highest BCUT2D eigenvalue weighted by Gasteiger charge is 2.13. The van der Waals surface area contributed by atoms with Crippen molar-refractivity contribution in [3.05, 3.63) is 84.9 Å². The van der Waals surface area contributed by atoms with Gasteiger partial charge in [0.1, 0.15) is 6.61 Å². The van der Waals surface area contributed by atoms with Gasteiger partial charge < -0.3 is 14.8 Å². The fraction of sp³-hybridized carbons (Fsp3) is 0.182. The summed E-state index contributed by atoms with van der Waals surface area (Å²) in [5.74, 6) is 1.49. The van der Waals surface area contributed by atoms with E-state index in [1.165, 1.54) is 0 Å². The van der Waals surface area contributed by atoms with Crippen molar-refractivity contribution in [3.8, 4) is 11.5 Å². The van der Waals surface area contributed by atoms with Gasteiger partial charge in [-0.2, -0.15) is 0 Å². The van der Waals surface area contributed by atoms with Crippen LogP contribution in [0.3, 0.4) is 0 Å². The third-order valence-corrected chi connectivity index (χ3v) is 5.74. The number of ether oxygens (including phenoxy) is 2. The van der Waals surface area contributed by atoms with Crippen LogP contribution in [0.5, 0.6) is 11.5 Å². The molecule has 0 bridgehead atoms. The Labute approximate surface area is 192 Å². The minimum atomic E-state index is 0.395. The van der Waals surface area contributed by atoms with Crippen molar-refractivity contribution in [2.75, 3.05) is 11.9 Å². The van der Waals surface area contributed by atoms with Crippen molar-refractivity contribution in [2.45, 2.75) is 20.1 Å². The topological polar surface area (TPSA) is 30.5 Å². The summed E-state index contributed by atoms with van der Waals surface area (Å²) in [5.41, 5.74) is 3.14. The molecule has 1 N–H and O–H groups in total. The number of hydrogen-bond acceptors (Lipinski definition) is 3. The molecule has 0 spiro atoms. The second kappa shape index (κ2) is 10.4. The van der Waals surface area contributed by atoms with Gasteiger partial charge in [-0.25, -0.2) is 0 Å². The molecule has 0 atom stereocenters. The predicted molar refractivity (Wildman–Crippen MR) is 128 cm³/mol. The first-order chi connectivity index (χ1) is 13.6. The van der Waals surface area contributed by atoms with E-state index in [-0.39, 0.29) is 0 Å². The molecule has 0 heterocycles. The van der Waals surface area contributed by atoms with E-state index in [9.17, 15) is 0 Å². The molecular weight excluding hydrogens is 553 g/mol. The number of rotatable bonds is 8. The summed E-state index contributed by atoms with van der Waals surface area (Å²) in [6.45, 7) is 3.63. The van der Waals surface area contributed by atoms with Gasteiger partial charge in [0.25, 0.3) is 0 Å². The summed E-state index contributed by atoms with van der Waals surface area (Å²) in [7, 11) is 0. The van der Waals surface area contributed by atoms with E-state index < -0.39 is 0 Å². The van der Waals surface area contributed by atoms with E-state index in [2.05, 4.69) is 49.9 Å². The molecule has 0 aromatic heterocycles. The van der Waals surface area contributed by atoms with Crippen LogP contribution in [0, 0.1) is 3.57 Å². The van der Waals surface area contributed by atoms with Crippen LogP contribution >= 0.6 is 50.1 Å². The molecule has 0 aliphatic carbocycles. The zero-order valence-electron chi connectivity index (χ0n) is 15.3. The smallest absolute Gasteiger partial charge is 0.174 e. The average Bonchev–Trinajstić information content (AvgIpc) is 2.68. The molecule has 0 unspecified atom stereocenters. The third kappa shape index (κ3) is 5.78. The molecule has 0 amide bonds. The summed E-state index contributed by atoms with van der Waals surface area (Å²) in [5, 5.41) is 4.13. The fourth-order valence-electron chi connectivity index (χ4n) is 2.66. The number of hydrogen-bond donors (Lipinski definition) is 1. The second-order valence-corrected chi connectivity index (χ2v) is 8.56. The van der Waals surface area contributed by atoms with Gasteiger partial charge in [-0.3, -0.25) is 0 Å². The fourth-order valence-corrected chi connectivity index (χ4v) is 3.94. The van der Waals surface area contributed by atoms with Crippen LogP contribution in [0.25, 0.3) is 0 Å². The maximum Gasteiger partial charge on any atom is 0.174 e. The molecule has 6 heteroatoms. The highest BCUT2D eigenvalue weighted by molar-refractivity contribution is 14.1. The first kappa shape index (κ1) is 21.3. The molecular formula is C22H20BrClINO2. The number of halogens is 3. The molecule has 0 aliphatic rings. The van der Waals surface area contributed by atoms with Gasteiger partial charge in [0, 0.05) is 27.3 Å². The summed E-state index contributed by atoms with van der Waals surface area (Å²) in [6, 6.07) is 19.9. The van der Waals surface area contributed by atoms with Crippen LogP contribution in [0.4, 0.5) is 5.69 Å². The quantitative estimate of drug-likeness (QED) is 0.288. The summed E-state index contributed by atoms with van der Waals surface area (Å²) in [6.07, 6.45) is 0. The number of benzene rings is 3. The molecule has 3 nitrogen and oxygen atoms in total. The number of nitrogens with one attached hydrogen (secondary N) is 1. The molecule has 3 aromatic rings. The molecule has 0 radical (unpaired) electrons. The molecule has 0 saturated heterocycles. The van der Waals surface area contributed by atoms with E-state index in [0.29, 0.717) is 24.8 Å². The summed E-state index contributed by atoms with van der Waals surface area (Å²) < 4.78 is 14.0. The van der Waals surface area contributed by atoms with Gasteiger partial charge >= 0.3 is 0 Å². The minimum absolute atomic E-state index is 0.395. The summed E-state index contributed by atoms with van der Waals surface area (Å²) >= 11 is 12.0. The van der Waals surface area contributed by atoms with Crippen molar-refractivity contribution in [1.82, 2.24) is 0 Å². The van der Waals surface area contributed by atoms with Crippen LogP contribution in [0.1, 0.15) is 18.1 Å². The Kier molecular flexibility index (Phi) is 7.88. The molecule has 3 rings (SSSR count). The number of anilines is 1. The molecule has 0 fully saturated rings. The zero-order chi connectivity index (χ0) is 19.9. The molecule has 0 saturated carbocycles. The second-order valence-electron chi connectivity index (χ2n) is 6.08. The Morgan fingerprint density at radius 2 is 1.79 bits per heavy atom. The van der Waals surface area contributed by atoms with E-state index >= 15 is 0 Å². The Bertz CT molecular complexity index is 934. The lowest BCUT2D eigenvalue weighted by atomic mass is 10.2. The zero-order valence-corrected chi connectivity index (χ0v) is 19.8. The monoisotopic (exact) mass is 571 g/mol. The standard InChI is InChI=1S/C22H20BrClINO2/c1-2-27-21-12-15(13-26-18-9-7-17(23)8-10-18)11-20(25)22(21)28-14-16-5-3-4-6-19(16)24/h3-12,26H,2,13-14H2,1H3. The van der Waals surface area contributed by atoms with Crippen LogP contribution in [-0.2, 0) is 13.2 Å². The Morgan fingerprint density at radius 3 is 2.50 bits per heavy atom. The maximum atomic E-state index is 6.24. The minimum Gasteiger partial charge on any atom is -0.490 e. The van der Waals surface area contributed by atoms with Crippen molar-refractivity contribution in [2.24, 2.45) is 0 Å². The molecule has 28 heavy (non-hydrogen) atoms. The lowest BCUT2D eigenvalue weighted by Gasteiger charge is -2.16. The Morgan fingerprint density at radius 1 is 1.04 bits per heavy atom. The Hall–Kier alpha value is -1.44. The molecule has 0 aliphatic heterocycles. The first-order valence-electron chi connectivity index (χ1n) is 8.87. The molecule has 146 valence electrons. The van der Waals surface area contributed by atoms with E-state index in [0.717, 1.165) is 36.4 Å².